The molecule has 0 heterocycles. The summed E-state index contributed by atoms with van der Waals surface area (Å²) in [5, 5.41) is 6.04. The first-order chi connectivity index (χ1) is 16.8. The van der Waals surface area contributed by atoms with Crippen LogP contribution in [-0.4, -0.2) is 46.5 Å². The molecule has 2 N–H and O–H groups in total. The second-order valence-corrected chi connectivity index (χ2v) is 11.8. The van der Waals surface area contributed by atoms with Gasteiger partial charge < -0.3 is 20.3 Å². The number of hydrogen-bond donors (Lipinski definition) is 2. The Morgan fingerprint density at radius 1 is 1.03 bits per heavy atom. The van der Waals surface area contributed by atoms with Gasteiger partial charge in [0.15, 0.2) is 0 Å². The van der Waals surface area contributed by atoms with Crippen LogP contribution in [0.1, 0.15) is 104 Å². The highest BCUT2D eigenvalue weighted by atomic mass is 16.6. The molecule has 202 valence electrons. The third-order valence-corrected chi connectivity index (χ3v) is 6.47. The fraction of sp³-hybridized carbons (Fsp3) is 0.690. The number of nitrogens with zero attached hydrogens (tertiary/aromatic N) is 1. The summed E-state index contributed by atoms with van der Waals surface area (Å²) in [5.74, 6) is -0.300. The van der Waals surface area contributed by atoms with Gasteiger partial charge in [0.25, 0.3) is 0 Å². The largest absolute Gasteiger partial charge is 0.444 e. The standard InChI is InChI=1S/C29H47N3O4/c1-19(2)18-24(31-28(35)36-29(6,7)8)27(34)32(20(3)4)25(23-17-13-12-14-21(23)5)26(33)30-22-15-10-9-11-16-22/h12-14,17,19-20,22,24-25H,9-11,15-16,18H2,1-8H3,(H,30,33)(H,31,35). The average molecular weight is 502 g/mol. The lowest BCUT2D eigenvalue weighted by molar-refractivity contribution is -0.145. The van der Waals surface area contributed by atoms with E-state index in [4.69, 9.17) is 4.74 Å². The van der Waals surface area contributed by atoms with Crippen LogP contribution >= 0.6 is 0 Å². The molecule has 2 rings (SSSR count). The van der Waals surface area contributed by atoms with Gasteiger partial charge in [0.2, 0.25) is 11.8 Å². The minimum absolute atomic E-state index is 0.119. The number of nitrogens with one attached hydrogen (secondary N) is 2. The fourth-order valence-electron chi connectivity index (χ4n) is 4.84. The zero-order valence-corrected chi connectivity index (χ0v) is 23.5. The van der Waals surface area contributed by atoms with Gasteiger partial charge in [0.1, 0.15) is 17.7 Å². The number of aryl methyl sites for hydroxylation is 1. The molecule has 2 atom stereocenters. The van der Waals surface area contributed by atoms with E-state index in [0.717, 1.165) is 36.8 Å². The number of hydrogen-bond acceptors (Lipinski definition) is 4. The highest BCUT2D eigenvalue weighted by molar-refractivity contribution is 5.92. The molecule has 1 fully saturated rings. The van der Waals surface area contributed by atoms with Crippen LogP contribution in [-0.2, 0) is 14.3 Å². The number of benzene rings is 1. The molecule has 2 unspecified atom stereocenters. The molecular formula is C29H47N3O4. The maximum absolute atomic E-state index is 14.1. The van der Waals surface area contributed by atoms with Crippen molar-refractivity contribution in [1.82, 2.24) is 15.5 Å². The molecule has 0 aliphatic heterocycles. The van der Waals surface area contributed by atoms with Crippen molar-refractivity contribution in [2.75, 3.05) is 0 Å². The summed E-state index contributed by atoms with van der Waals surface area (Å²) in [5.41, 5.74) is 1.06. The Kier molecular flexibility index (Phi) is 10.8. The van der Waals surface area contributed by atoms with Crippen LogP contribution in [0, 0.1) is 12.8 Å². The summed E-state index contributed by atoms with van der Waals surface area (Å²) in [7, 11) is 0. The lowest BCUT2D eigenvalue weighted by Gasteiger charge is -2.39. The Labute approximate surface area is 217 Å². The van der Waals surface area contributed by atoms with Gasteiger partial charge in [-0.3, -0.25) is 9.59 Å². The minimum atomic E-state index is -0.809. The van der Waals surface area contributed by atoms with Gasteiger partial charge in [-0.2, -0.15) is 0 Å². The van der Waals surface area contributed by atoms with E-state index >= 15 is 0 Å². The van der Waals surface area contributed by atoms with Gasteiger partial charge >= 0.3 is 6.09 Å². The highest BCUT2D eigenvalue weighted by Crippen LogP contribution is 2.29. The number of amides is 3. The number of ether oxygens (including phenoxy) is 1. The SMILES string of the molecule is Cc1ccccc1C(C(=O)NC1CCCCC1)N(C(=O)C(CC(C)C)NC(=O)OC(C)(C)C)C(C)C. The third-order valence-electron chi connectivity index (χ3n) is 6.47. The molecule has 0 aromatic heterocycles. The molecule has 1 aliphatic rings. The Hall–Kier alpha value is -2.57. The predicted molar refractivity (Wildman–Crippen MR) is 144 cm³/mol. The highest BCUT2D eigenvalue weighted by Gasteiger charge is 2.39. The normalized spacial score (nSPS) is 16.4. The number of rotatable bonds is 9. The van der Waals surface area contributed by atoms with Crippen LogP contribution in [0.4, 0.5) is 4.79 Å². The van der Waals surface area contributed by atoms with E-state index in [-0.39, 0.29) is 29.8 Å². The van der Waals surface area contributed by atoms with Crippen LogP contribution in [0.15, 0.2) is 24.3 Å². The van der Waals surface area contributed by atoms with E-state index in [0.29, 0.717) is 6.42 Å². The summed E-state index contributed by atoms with van der Waals surface area (Å²) >= 11 is 0. The van der Waals surface area contributed by atoms with Crippen molar-refractivity contribution < 1.29 is 19.1 Å². The molecule has 0 spiro atoms. The summed E-state index contributed by atoms with van der Waals surface area (Å²) in [6.45, 7) is 15.2. The van der Waals surface area contributed by atoms with E-state index < -0.39 is 23.8 Å². The van der Waals surface area contributed by atoms with Gasteiger partial charge in [0, 0.05) is 12.1 Å². The Morgan fingerprint density at radius 2 is 1.64 bits per heavy atom. The molecule has 7 heteroatoms. The van der Waals surface area contributed by atoms with Crippen molar-refractivity contribution in [1.29, 1.82) is 0 Å². The van der Waals surface area contributed by atoms with Crippen molar-refractivity contribution in [3.63, 3.8) is 0 Å². The van der Waals surface area contributed by atoms with Gasteiger partial charge in [-0.25, -0.2) is 4.79 Å². The second-order valence-electron chi connectivity index (χ2n) is 11.8. The summed E-state index contributed by atoms with van der Waals surface area (Å²) in [4.78, 5) is 42.3. The van der Waals surface area contributed by atoms with Gasteiger partial charge in [-0.1, -0.05) is 57.4 Å². The molecule has 7 nitrogen and oxygen atoms in total. The molecule has 1 aromatic carbocycles. The van der Waals surface area contributed by atoms with Crippen molar-refractivity contribution in [2.24, 2.45) is 5.92 Å². The summed E-state index contributed by atoms with van der Waals surface area (Å²) < 4.78 is 5.45. The molecule has 0 radical (unpaired) electrons. The lowest BCUT2D eigenvalue weighted by Crippen LogP contribution is -2.56. The van der Waals surface area contributed by atoms with Crippen molar-refractivity contribution >= 4 is 17.9 Å². The molecule has 3 amide bonds. The molecule has 1 aromatic rings. The summed E-state index contributed by atoms with van der Waals surface area (Å²) in [6.07, 6.45) is 5.11. The lowest BCUT2D eigenvalue weighted by atomic mass is 9.93. The Balaban J connectivity index is 2.45. The van der Waals surface area contributed by atoms with Crippen LogP contribution in [0.3, 0.4) is 0 Å². The number of carbonyl (C=O) groups is 3. The van der Waals surface area contributed by atoms with Crippen LogP contribution in [0.2, 0.25) is 0 Å². The minimum Gasteiger partial charge on any atom is -0.444 e. The Bertz CT molecular complexity index is 885. The first-order valence-corrected chi connectivity index (χ1v) is 13.5. The molecule has 1 saturated carbocycles. The van der Waals surface area contributed by atoms with Crippen LogP contribution in [0.25, 0.3) is 0 Å². The fourth-order valence-corrected chi connectivity index (χ4v) is 4.84. The van der Waals surface area contributed by atoms with E-state index in [1.807, 2.05) is 58.9 Å². The molecule has 1 aliphatic carbocycles. The van der Waals surface area contributed by atoms with Crippen LogP contribution in [0.5, 0.6) is 0 Å². The maximum Gasteiger partial charge on any atom is 0.408 e. The number of carbonyl (C=O) groups excluding carboxylic acids is 3. The zero-order chi connectivity index (χ0) is 27.0. The van der Waals surface area contributed by atoms with E-state index in [2.05, 4.69) is 10.6 Å². The average Bonchev–Trinajstić information content (AvgIpc) is 2.76. The third kappa shape index (κ3) is 8.82. The summed E-state index contributed by atoms with van der Waals surface area (Å²) in [6, 6.07) is 5.96. The van der Waals surface area contributed by atoms with Crippen LogP contribution < -0.4 is 10.6 Å². The van der Waals surface area contributed by atoms with E-state index in [1.165, 1.54) is 6.42 Å². The monoisotopic (exact) mass is 501 g/mol. The smallest absolute Gasteiger partial charge is 0.408 e. The van der Waals surface area contributed by atoms with Gasteiger partial charge in [0.05, 0.1) is 0 Å². The maximum atomic E-state index is 14.1. The van der Waals surface area contributed by atoms with E-state index in [9.17, 15) is 14.4 Å². The topological polar surface area (TPSA) is 87.7 Å². The molecule has 36 heavy (non-hydrogen) atoms. The van der Waals surface area contributed by atoms with Crippen molar-refractivity contribution in [3.8, 4) is 0 Å². The second kappa shape index (κ2) is 13.1. The van der Waals surface area contributed by atoms with Gasteiger partial charge in [-0.15, -0.1) is 0 Å². The first kappa shape index (κ1) is 29.7. The zero-order valence-electron chi connectivity index (χ0n) is 23.5. The molecular weight excluding hydrogens is 454 g/mol. The molecule has 0 saturated heterocycles. The molecule has 0 bridgehead atoms. The van der Waals surface area contributed by atoms with Crippen molar-refractivity contribution in [2.45, 2.75) is 124 Å². The predicted octanol–water partition coefficient (Wildman–Crippen LogP) is 5.66. The number of alkyl carbamates (subject to hydrolysis) is 1. The quantitative estimate of drug-likeness (QED) is 0.457. The van der Waals surface area contributed by atoms with E-state index in [1.54, 1.807) is 25.7 Å². The van der Waals surface area contributed by atoms with Crippen molar-refractivity contribution in [3.05, 3.63) is 35.4 Å². The first-order valence-electron chi connectivity index (χ1n) is 13.5. The Morgan fingerprint density at radius 3 is 2.17 bits per heavy atom. The van der Waals surface area contributed by atoms with Gasteiger partial charge in [-0.05, 0) is 77.8 Å².